The Morgan fingerprint density at radius 1 is 1.18 bits per heavy atom. The molecule has 0 bridgehead atoms. The van der Waals surface area contributed by atoms with Gasteiger partial charge in [0.1, 0.15) is 5.76 Å². The topological polar surface area (TPSA) is 26.0 Å². The van der Waals surface area contributed by atoms with E-state index in [1.54, 1.807) is 0 Å². The van der Waals surface area contributed by atoms with Gasteiger partial charge in [-0.05, 0) is 18.1 Å². The monoisotopic (exact) mass is 249 g/mol. The van der Waals surface area contributed by atoms with Gasteiger partial charge in [-0.15, -0.1) is 11.3 Å². The van der Waals surface area contributed by atoms with E-state index in [1.807, 2.05) is 17.5 Å². The van der Waals surface area contributed by atoms with Crippen LogP contribution in [0.15, 0.2) is 22.7 Å². The lowest BCUT2D eigenvalue weighted by atomic mass is 10.2. The van der Waals surface area contributed by atoms with Gasteiger partial charge in [-0.3, -0.25) is 0 Å². The molecule has 3 heteroatoms. The Bertz CT molecular complexity index is 438. The van der Waals surface area contributed by atoms with Crippen LogP contribution in [0.25, 0.3) is 0 Å². The maximum atomic E-state index is 5.71. The van der Waals surface area contributed by atoms with E-state index < -0.39 is 0 Å². The van der Waals surface area contributed by atoms with Crippen LogP contribution in [0.4, 0.5) is 0 Å². The van der Waals surface area contributed by atoms with Crippen molar-refractivity contribution in [2.45, 2.75) is 46.0 Å². The second-order valence-corrected chi connectivity index (χ2v) is 6.15. The first kappa shape index (κ1) is 12.4. The summed E-state index contributed by atoms with van der Waals surface area (Å²) in [5, 5.41) is 0. The second kappa shape index (κ2) is 5.05. The number of aromatic nitrogens is 1. The van der Waals surface area contributed by atoms with Crippen LogP contribution >= 0.6 is 11.3 Å². The van der Waals surface area contributed by atoms with Gasteiger partial charge in [-0.1, -0.05) is 27.7 Å². The Labute approximate surface area is 107 Å². The first-order valence-corrected chi connectivity index (χ1v) is 6.91. The highest BCUT2D eigenvalue weighted by Crippen LogP contribution is 2.26. The summed E-state index contributed by atoms with van der Waals surface area (Å²) in [5.41, 5.74) is 0. The lowest BCUT2D eigenvalue weighted by Gasteiger charge is -1.98. The second-order valence-electron chi connectivity index (χ2n) is 4.96. The normalized spacial score (nSPS) is 11.6. The predicted molar refractivity (Wildman–Crippen MR) is 71.8 cm³/mol. The summed E-state index contributed by atoms with van der Waals surface area (Å²) in [5.74, 6) is 2.76. The molecule has 0 saturated heterocycles. The first-order valence-electron chi connectivity index (χ1n) is 6.09. The summed E-state index contributed by atoms with van der Waals surface area (Å²) < 4.78 is 5.71. The third kappa shape index (κ3) is 2.97. The van der Waals surface area contributed by atoms with Gasteiger partial charge in [-0.2, -0.15) is 0 Å². The van der Waals surface area contributed by atoms with E-state index in [1.165, 1.54) is 9.75 Å². The zero-order valence-electron chi connectivity index (χ0n) is 10.9. The molecular formula is C14H19NOS. The summed E-state index contributed by atoms with van der Waals surface area (Å²) in [4.78, 5) is 7.07. The molecule has 17 heavy (non-hydrogen) atoms. The minimum Gasteiger partial charge on any atom is -0.445 e. The number of hydrogen-bond donors (Lipinski definition) is 0. The van der Waals surface area contributed by atoms with E-state index >= 15 is 0 Å². The van der Waals surface area contributed by atoms with Crippen molar-refractivity contribution in [3.63, 3.8) is 0 Å². The average Bonchev–Trinajstić information content (AvgIpc) is 2.87. The van der Waals surface area contributed by atoms with Gasteiger partial charge in [0.15, 0.2) is 5.89 Å². The maximum absolute atomic E-state index is 5.71. The van der Waals surface area contributed by atoms with E-state index in [4.69, 9.17) is 4.42 Å². The quantitative estimate of drug-likeness (QED) is 0.793. The molecule has 0 aliphatic heterocycles. The van der Waals surface area contributed by atoms with Gasteiger partial charge >= 0.3 is 0 Å². The molecule has 0 atom stereocenters. The van der Waals surface area contributed by atoms with Gasteiger partial charge in [-0.25, -0.2) is 4.98 Å². The van der Waals surface area contributed by atoms with E-state index in [0.717, 1.165) is 18.1 Å². The minimum atomic E-state index is 0.360. The number of nitrogens with zero attached hydrogens (tertiary/aromatic N) is 1. The highest BCUT2D eigenvalue weighted by molar-refractivity contribution is 7.12. The molecule has 92 valence electrons. The van der Waals surface area contributed by atoms with Crippen LogP contribution in [0.2, 0.25) is 0 Å². The van der Waals surface area contributed by atoms with Gasteiger partial charge in [0.2, 0.25) is 0 Å². The third-order valence-electron chi connectivity index (χ3n) is 2.67. The fourth-order valence-corrected chi connectivity index (χ4v) is 2.67. The van der Waals surface area contributed by atoms with Crippen LogP contribution in [-0.4, -0.2) is 4.98 Å². The molecule has 0 unspecified atom stereocenters. The molecule has 2 rings (SSSR count). The van der Waals surface area contributed by atoms with E-state index in [-0.39, 0.29) is 0 Å². The molecule has 0 aliphatic rings. The maximum Gasteiger partial charge on any atom is 0.196 e. The molecule has 0 amide bonds. The predicted octanol–water partition coefficient (Wildman–Crippen LogP) is 4.57. The molecule has 2 nitrogen and oxygen atoms in total. The van der Waals surface area contributed by atoms with Gasteiger partial charge in [0.25, 0.3) is 0 Å². The molecule has 0 N–H and O–H groups in total. The minimum absolute atomic E-state index is 0.360. The molecule has 2 aromatic rings. The largest absolute Gasteiger partial charge is 0.445 e. The Morgan fingerprint density at radius 3 is 2.47 bits per heavy atom. The van der Waals surface area contributed by atoms with Crippen molar-refractivity contribution in [2.75, 3.05) is 0 Å². The molecule has 2 heterocycles. The molecule has 0 radical (unpaired) electrons. The van der Waals surface area contributed by atoms with Crippen LogP contribution in [0.1, 0.15) is 60.9 Å². The van der Waals surface area contributed by atoms with Crippen molar-refractivity contribution in [3.05, 3.63) is 39.7 Å². The van der Waals surface area contributed by atoms with Crippen molar-refractivity contribution in [2.24, 2.45) is 0 Å². The van der Waals surface area contributed by atoms with Gasteiger partial charge < -0.3 is 4.42 Å². The average molecular weight is 249 g/mol. The Kier molecular flexibility index (Phi) is 3.67. The highest BCUT2D eigenvalue weighted by Gasteiger charge is 2.10. The fraction of sp³-hybridized carbons (Fsp3) is 0.500. The van der Waals surface area contributed by atoms with E-state index in [2.05, 4.69) is 44.8 Å². The number of hydrogen-bond acceptors (Lipinski definition) is 3. The van der Waals surface area contributed by atoms with Crippen molar-refractivity contribution >= 4 is 11.3 Å². The van der Waals surface area contributed by atoms with Gasteiger partial charge in [0.05, 0.1) is 6.20 Å². The smallest absolute Gasteiger partial charge is 0.196 e. The van der Waals surface area contributed by atoms with E-state index in [9.17, 15) is 0 Å². The lowest BCUT2D eigenvalue weighted by Crippen LogP contribution is -1.85. The molecule has 2 aromatic heterocycles. The number of rotatable bonds is 4. The zero-order chi connectivity index (χ0) is 12.4. The highest BCUT2D eigenvalue weighted by atomic mass is 32.1. The SMILES string of the molecule is CC(C)c1ncc(Cc2ccc(C(C)C)s2)o1. The number of oxazole rings is 1. The Balaban J connectivity index is 2.08. The Morgan fingerprint density at radius 2 is 1.94 bits per heavy atom. The zero-order valence-corrected chi connectivity index (χ0v) is 11.7. The number of thiophene rings is 1. The summed E-state index contributed by atoms with van der Waals surface area (Å²) in [6, 6.07) is 4.40. The lowest BCUT2D eigenvalue weighted by molar-refractivity contribution is 0.443. The summed E-state index contributed by atoms with van der Waals surface area (Å²) >= 11 is 1.87. The van der Waals surface area contributed by atoms with Crippen molar-refractivity contribution in [1.82, 2.24) is 4.98 Å². The summed E-state index contributed by atoms with van der Waals surface area (Å²) in [6.07, 6.45) is 2.71. The molecular weight excluding hydrogens is 230 g/mol. The van der Waals surface area contributed by atoms with Crippen LogP contribution in [-0.2, 0) is 6.42 Å². The van der Waals surface area contributed by atoms with Crippen LogP contribution in [0.3, 0.4) is 0 Å². The molecule has 0 saturated carbocycles. The van der Waals surface area contributed by atoms with E-state index in [0.29, 0.717) is 11.8 Å². The van der Waals surface area contributed by atoms with Gasteiger partial charge in [0, 0.05) is 22.1 Å². The van der Waals surface area contributed by atoms with Crippen molar-refractivity contribution < 1.29 is 4.42 Å². The van der Waals surface area contributed by atoms with Crippen LogP contribution < -0.4 is 0 Å². The van der Waals surface area contributed by atoms with Crippen LogP contribution in [0, 0.1) is 0 Å². The molecule has 0 aromatic carbocycles. The van der Waals surface area contributed by atoms with Crippen molar-refractivity contribution in [1.29, 1.82) is 0 Å². The third-order valence-corrected chi connectivity index (χ3v) is 4.05. The molecule has 0 spiro atoms. The first-order chi connectivity index (χ1) is 8.06. The Hall–Kier alpha value is -1.09. The van der Waals surface area contributed by atoms with Crippen molar-refractivity contribution in [3.8, 4) is 0 Å². The standard InChI is InChI=1S/C14H19NOS/c1-9(2)13-6-5-12(17-13)7-11-8-15-14(16-11)10(3)4/h5-6,8-10H,7H2,1-4H3. The molecule has 0 aliphatic carbocycles. The summed E-state index contributed by atoms with van der Waals surface area (Å²) in [7, 11) is 0. The summed E-state index contributed by atoms with van der Waals surface area (Å²) in [6.45, 7) is 8.64. The van der Waals surface area contributed by atoms with Crippen LogP contribution in [0.5, 0.6) is 0 Å². The molecule has 0 fully saturated rings. The fourth-order valence-electron chi connectivity index (χ4n) is 1.64.